The van der Waals surface area contributed by atoms with Crippen LogP contribution in [0.15, 0.2) is 29.8 Å². The average Bonchev–Trinajstić information content (AvgIpc) is 2.84. The van der Waals surface area contributed by atoms with E-state index in [-0.39, 0.29) is 5.84 Å². The van der Waals surface area contributed by atoms with E-state index in [9.17, 15) is 0 Å². The van der Waals surface area contributed by atoms with Crippen LogP contribution in [0, 0.1) is 0 Å². The van der Waals surface area contributed by atoms with Crippen molar-refractivity contribution in [3.05, 3.63) is 41.7 Å². The topological polar surface area (TPSA) is 114 Å². The third-order valence-electron chi connectivity index (χ3n) is 2.49. The standard InChI is InChI=1S/C11H15N7O/c1-18-7-15-9(16-18)6-13-5-8-3-2-4-14-10(8)11(12)17-19/h2-4,7,13,19H,5-6H2,1H3,(H2,12,17). The van der Waals surface area contributed by atoms with Gasteiger partial charge in [-0.25, -0.2) is 4.98 Å². The first-order valence-corrected chi connectivity index (χ1v) is 5.67. The van der Waals surface area contributed by atoms with Crippen LogP contribution in [0.25, 0.3) is 0 Å². The minimum absolute atomic E-state index is 0.00615. The fourth-order valence-electron chi connectivity index (χ4n) is 1.63. The third-order valence-corrected chi connectivity index (χ3v) is 2.49. The quantitative estimate of drug-likeness (QED) is 0.292. The van der Waals surface area contributed by atoms with Gasteiger partial charge in [-0.15, -0.1) is 0 Å². The highest BCUT2D eigenvalue weighted by Crippen LogP contribution is 2.05. The molecule has 100 valence electrons. The molecule has 0 aliphatic rings. The van der Waals surface area contributed by atoms with Gasteiger partial charge < -0.3 is 16.3 Å². The van der Waals surface area contributed by atoms with Gasteiger partial charge in [-0.3, -0.25) is 9.67 Å². The number of nitrogens with zero attached hydrogens (tertiary/aromatic N) is 5. The van der Waals surface area contributed by atoms with Crippen molar-refractivity contribution in [3.8, 4) is 0 Å². The summed E-state index contributed by atoms with van der Waals surface area (Å²) in [6, 6.07) is 3.66. The van der Waals surface area contributed by atoms with Gasteiger partial charge in [-0.1, -0.05) is 11.2 Å². The third kappa shape index (κ3) is 3.26. The number of aromatic nitrogens is 4. The largest absolute Gasteiger partial charge is 0.409 e. The van der Waals surface area contributed by atoms with Gasteiger partial charge in [0, 0.05) is 19.8 Å². The molecule has 2 heterocycles. The van der Waals surface area contributed by atoms with Crippen molar-refractivity contribution in [2.45, 2.75) is 13.1 Å². The van der Waals surface area contributed by atoms with Crippen molar-refractivity contribution in [3.63, 3.8) is 0 Å². The first-order chi connectivity index (χ1) is 9.20. The van der Waals surface area contributed by atoms with Gasteiger partial charge in [0.15, 0.2) is 11.7 Å². The molecule has 0 saturated heterocycles. The summed E-state index contributed by atoms with van der Waals surface area (Å²) in [5, 5.41) is 19.0. The van der Waals surface area contributed by atoms with Gasteiger partial charge >= 0.3 is 0 Å². The molecule has 8 heteroatoms. The summed E-state index contributed by atoms with van der Waals surface area (Å²) in [5.41, 5.74) is 6.87. The molecule has 0 aliphatic carbocycles. The molecule has 0 aromatic carbocycles. The van der Waals surface area contributed by atoms with Crippen molar-refractivity contribution < 1.29 is 5.21 Å². The highest BCUT2D eigenvalue weighted by molar-refractivity contribution is 5.96. The van der Waals surface area contributed by atoms with Crippen molar-refractivity contribution in [2.24, 2.45) is 17.9 Å². The highest BCUT2D eigenvalue weighted by atomic mass is 16.4. The molecule has 0 saturated carbocycles. The van der Waals surface area contributed by atoms with E-state index in [0.717, 1.165) is 5.56 Å². The number of amidine groups is 1. The lowest BCUT2D eigenvalue weighted by Gasteiger charge is -2.07. The number of nitrogens with two attached hydrogens (primary N) is 1. The van der Waals surface area contributed by atoms with Crippen molar-refractivity contribution in [1.82, 2.24) is 25.1 Å². The van der Waals surface area contributed by atoms with Crippen LogP contribution in [0.3, 0.4) is 0 Å². The Morgan fingerprint density at radius 1 is 1.47 bits per heavy atom. The summed E-state index contributed by atoms with van der Waals surface area (Å²) in [7, 11) is 1.81. The lowest BCUT2D eigenvalue weighted by atomic mass is 10.2. The van der Waals surface area contributed by atoms with E-state index in [4.69, 9.17) is 10.9 Å². The van der Waals surface area contributed by atoms with Crippen LogP contribution in [0.2, 0.25) is 0 Å². The molecule has 19 heavy (non-hydrogen) atoms. The molecule has 0 spiro atoms. The van der Waals surface area contributed by atoms with Crippen LogP contribution in [0.5, 0.6) is 0 Å². The number of oxime groups is 1. The normalized spacial score (nSPS) is 11.7. The molecular weight excluding hydrogens is 246 g/mol. The zero-order valence-electron chi connectivity index (χ0n) is 10.5. The Bertz CT molecular complexity index is 578. The van der Waals surface area contributed by atoms with E-state index < -0.39 is 0 Å². The van der Waals surface area contributed by atoms with Gasteiger partial charge in [0.05, 0.1) is 6.54 Å². The highest BCUT2D eigenvalue weighted by Gasteiger charge is 2.08. The fourth-order valence-corrected chi connectivity index (χ4v) is 1.63. The van der Waals surface area contributed by atoms with Crippen LogP contribution in [-0.4, -0.2) is 30.8 Å². The van der Waals surface area contributed by atoms with Gasteiger partial charge in [0.2, 0.25) is 0 Å². The van der Waals surface area contributed by atoms with Crippen LogP contribution in [-0.2, 0) is 20.1 Å². The summed E-state index contributed by atoms with van der Waals surface area (Å²) < 4.78 is 1.64. The summed E-state index contributed by atoms with van der Waals surface area (Å²) in [6.45, 7) is 1.06. The van der Waals surface area contributed by atoms with Crippen molar-refractivity contribution in [2.75, 3.05) is 0 Å². The van der Waals surface area contributed by atoms with E-state index in [1.165, 1.54) is 0 Å². The van der Waals surface area contributed by atoms with E-state index in [1.807, 2.05) is 13.1 Å². The Hall–Kier alpha value is -2.48. The molecule has 0 fully saturated rings. The van der Waals surface area contributed by atoms with E-state index in [2.05, 4.69) is 25.5 Å². The Labute approximate surface area is 110 Å². The lowest BCUT2D eigenvalue weighted by molar-refractivity contribution is 0.318. The Kier molecular flexibility index (Phi) is 4.04. The first kappa shape index (κ1) is 13.0. The maximum absolute atomic E-state index is 8.70. The van der Waals surface area contributed by atoms with E-state index in [0.29, 0.717) is 24.6 Å². The van der Waals surface area contributed by atoms with Crippen molar-refractivity contribution >= 4 is 5.84 Å². The fraction of sp³-hybridized carbons (Fsp3) is 0.273. The molecule has 4 N–H and O–H groups in total. The Balaban J connectivity index is 2.00. The molecule has 0 aliphatic heterocycles. The number of aryl methyl sites for hydroxylation is 1. The predicted molar refractivity (Wildman–Crippen MR) is 68.3 cm³/mol. The van der Waals surface area contributed by atoms with E-state index >= 15 is 0 Å². The first-order valence-electron chi connectivity index (χ1n) is 5.67. The second-order valence-electron chi connectivity index (χ2n) is 3.93. The molecule has 0 radical (unpaired) electrons. The number of rotatable bonds is 5. The van der Waals surface area contributed by atoms with Crippen LogP contribution in [0.1, 0.15) is 17.1 Å². The van der Waals surface area contributed by atoms with Gasteiger partial charge in [-0.05, 0) is 11.6 Å². The summed E-state index contributed by atoms with van der Waals surface area (Å²) in [5.74, 6) is 0.699. The number of hydrogen-bond donors (Lipinski definition) is 3. The number of nitrogens with one attached hydrogen (secondary N) is 1. The minimum atomic E-state index is -0.00615. The van der Waals surface area contributed by atoms with Crippen LogP contribution >= 0.6 is 0 Å². The van der Waals surface area contributed by atoms with Crippen molar-refractivity contribution in [1.29, 1.82) is 0 Å². The second kappa shape index (κ2) is 5.91. The molecule has 0 atom stereocenters. The summed E-state index contributed by atoms with van der Waals surface area (Å²) >= 11 is 0. The monoisotopic (exact) mass is 261 g/mol. The SMILES string of the molecule is Cn1cnc(CNCc2cccnc2/C(N)=N/O)n1. The Morgan fingerprint density at radius 3 is 3.00 bits per heavy atom. The van der Waals surface area contributed by atoms with Gasteiger partial charge in [0.25, 0.3) is 0 Å². The lowest BCUT2D eigenvalue weighted by Crippen LogP contribution is -2.21. The molecule has 2 aromatic heterocycles. The minimum Gasteiger partial charge on any atom is -0.409 e. The maximum Gasteiger partial charge on any atom is 0.189 e. The average molecular weight is 261 g/mol. The molecule has 0 bridgehead atoms. The van der Waals surface area contributed by atoms with E-state index in [1.54, 1.807) is 23.3 Å². The van der Waals surface area contributed by atoms with Crippen LogP contribution in [0.4, 0.5) is 0 Å². The zero-order valence-corrected chi connectivity index (χ0v) is 10.5. The predicted octanol–water partition coefficient (Wildman–Crippen LogP) is -0.406. The molecule has 2 rings (SSSR count). The molecule has 8 nitrogen and oxygen atoms in total. The molecule has 2 aromatic rings. The van der Waals surface area contributed by atoms with Crippen LogP contribution < -0.4 is 11.1 Å². The second-order valence-corrected chi connectivity index (χ2v) is 3.93. The maximum atomic E-state index is 8.70. The molecule has 0 unspecified atom stereocenters. The molecule has 0 amide bonds. The smallest absolute Gasteiger partial charge is 0.189 e. The zero-order chi connectivity index (χ0) is 13.7. The molecular formula is C11H15N7O. The summed E-state index contributed by atoms with van der Waals surface area (Å²) in [6.07, 6.45) is 3.24. The Morgan fingerprint density at radius 2 is 2.32 bits per heavy atom. The van der Waals surface area contributed by atoms with Gasteiger partial charge in [0.1, 0.15) is 12.0 Å². The number of hydrogen-bond acceptors (Lipinski definition) is 6. The summed E-state index contributed by atoms with van der Waals surface area (Å²) in [4.78, 5) is 8.19. The number of pyridine rings is 1. The van der Waals surface area contributed by atoms with Gasteiger partial charge in [-0.2, -0.15) is 5.10 Å².